The lowest BCUT2D eigenvalue weighted by Gasteiger charge is -2.06. The van der Waals surface area contributed by atoms with Gasteiger partial charge in [0.15, 0.2) is 0 Å². The van der Waals surface area contributed by atoms with Gasteiger partial charge in [0.2, 0.25) is 10.0 Å². The summed E-state index contributed by atoms with van der Waals surface area (Å²) < 4.78 is 25.6. The monoisotopic (exact) mass is 295 g/mol. The summed E-state index contributed by atoms with van der Waals surface area (Å²) in [5.41, 5.74) is 5.37. The van der Waals surface area contributed by atoms with Crippen LogP contribution in [-0.4, -0.2) is 26.4 Å². The minimum Gasteiger partial charge on any atom is -0.329 e. The number of hydrogen-bond donors (Lipinski definition) is 2. The van der Waals surface area contributed by atoms with Crippen LogP contribution in [0.2, 0.25) is 0 Å². The van der Waals surface area contributed by atoms with E-state index in [1.807, 2.05) is 0 Å². The van der Waals surface area contributed by atoms with Crippen molar-refractivity contribution in [3.63, 3.8) is 0 Å². The quantitative estimate of drug-likeness (QED) is 0.608. The molecule has 0 saturated carbocycles. The van der Waals surface area contributed by atoms with Crippen LogP contribution in [0.5, 0.6) is 0 Å². The molecule has 0 aliphatic heterocycles. The number of aryl methyl sites for hydroxylation is 1. The van der Waals surface area contributed by atoms with Gasteiger partial charge in [-0.25, -0.2) is 13.1 Å². The Hall–Kier alpha value is -1.22. The van der Waals surface area contributed by atoms with E-state index in [1.54, 1.807) is 6.92 Å². The molecule has 102 valence electrons. The average Bonchev–Trinajstić information content (AvgIpc) is 2.26. The van der Waals surface area contributed by atoms with Crippen LogP contribution in [0.4, 0.5) is 5.69 Å². The van der Waals surface area contributed by atoms with Crippen LogP contribution in [0.15, 0.2) is 23.1 Å². The summed E-state index contributed by atoms with van der Waals surface area (Å²) >= 11 is 0. The molecule has 0 atom stereocenters. The molecule has 1 aromatic rings. The lowest BCUT2D eigenvalue weighted by Crippen LogP contribution is -2.29. The standard InChI is InChI=1S/C9H13N3O4S.ClH/c1-7-2-3-8(6-9(7)12(13)14)17(15,16)11-5-4-10;/h2-3,6,11H,4-5,10H2,1H3;1H. The molecular formula is C9H14ClN3O4S. The van der Waals surface area contributed by atoms with E-state index in [-0.39, 0.29) is 36.1 Å². The fourth-order valence-corrected chi connectivity index (χ4v) is 2.30. The number of nitro benzene ring substituents is 1. The maximum Gasteiger partial charge on any atom is 0.273 e. The number of hydrogen-bond acceptors (Lipinski definition) is 5. The molecule has 0 aliphatic carbocycles. The van der Waals surface area contributed by atoms with E-state index < -0.39 is 14.9 Å². The second-order valence-electron chi connectivity index (χ2n) is 3.39. The van der Waals surface area contributed by atoms with Crippen molar-refractivity contribution in [1.29, 1.82) is 0 Å². The predicted octanol–water partition coefficient (Wildman–Crippen LogP) is 0.562. The normalized spacial score (nSPS) is 10.8. The van der Waals surface area contributed by atoms with Gasteiger partial charge in [0.1, 0.15) is 0 Å². The molecule has 1 rings (SSSR count). The van der Waals surface area contributed by atoms with Gasteiger partial charge in [0.05, 0.1) is 9.82 Å². The molecule has 3 N–H and O–H groups in total. The van der Waals surface area contributed by atoms with Gasteiger partial charge in [-0.2, -0.15) is 0 Å². The highest BCUT2D eigenvalue weighted by Crippen LogP contribution is 2.21. The Morgan fingerprint density at radius 3 is 2.56 bits per heavy atom. The molecule has 7 nitrogen and oxygen atoms in total. The Balaban J connectivity index is 0.00000289. The number of nitrogens with two attached hydrogens (primary N) is 1. The van der Waals surface area contributed by atoms with Crippen LogP contribution < -0.4 is 10.5 Å². The fourth-order valence-electron chi connectivity index (χ4n) is 1.23. The maximum absolute atomic E-state index is 11.7. The number of sulfonamides is 1. The number of benzene rings is 1. The zero-order chi connectivity index (χ0) is 13.1. The fraction of sp³-hybridized carbons (Fsp3) is 0.333. The van der Waals surface area contributed by atoms with Crippen molar-refractivity contribution in [2.24, 2.45) is 5.73 Å². The SMILES string of the molecule is Cc1ccc(S(=O)(=O)NCCN)cc1[N+](=O)[O-].Cl. The third-order valence-corrected chi connectivity index (χ3v) is 3.58. The highest BCUT2D eigenvalue weighted by atomic mass is 35.5. The van der Waals surface area contributed by atoms with Crippen molar-refractivity contribution < 1.29 is 13.3 Å². The number of nitrogens with zero attached hydrogens (tertiary/aromatic N) is 1. The van der Waals surface area contributed by atoms with Gasteiger partial charge in [-0.15, -0.1) is 12.4 Å². The van der Waals surface area contributed by atoms with E-state index in [9.17, 15) is 18.5 Å². The van der Waals surface area contributed by atoms with Crippen molar-refractivity contribution >= 4 is 28.1 Å². The van der Waals surface area contributed by atoms with Crippen LogP contribution in [0.25, 0.3) is 0 Å². The zero-order valence-electron chi connectivity index (χ0n) is 9.62. The smallest absolute Gasteiger partial charge is 0.273 e. The van der Waals surface area contributed by atoms with Crippen LogP contribution in [-0.2, 0) is 10.0 Å². The minimum absolute atomic E-state index is 0. The number of nitro groups is 1. The highest BCUT2D eigenvalue weighted by molar-refractivity contribution is 7.89. The van der Waals surface area contributed by atoms with Crippen LogP contribution >= 0.6 is 12.4 Å². The van der Waals surface area contributed by atoms with E-state index in [1.165, 1.54) is 12.1 Å². The lowest BCUT2D eigenvalue weighted by atomic mass is 10.2. The van der Waals surface area contributed by atoms with Gasteiger partial charge in [-0.3, -0.25) is 10.1 Å². The molecule has 9 heteroatoms. The van der Waals surface area contributed by atoms with Gasteiger partial charge in [-0.1, -0.05) is 6.07 Å². The highest BCUT2D eigenvalue weighted by Gasteiger charge is 2.18. The van der Waals surface area contributed by atoms with Gasteiger partial charge in [-0.05, 0) is 13.0 Å². The van der Waals surface area contributed by atoms with E-state index in [0.717, 1.165) is 6.07 Å². The Morgan fingerprint density at radius 2 is 2.06 bits per heavy atom. The maximum atomic E-state index is 11.7. The Labute approximate surface area is 111 Å². The molecule has 0 spiro atoms. The van der Waals surface area contributed by atoms with Crippen LogP contribution in [0.3, 0.4) is 0 Å². The van der Waals surface area contributed by atoms with E-state index in [4.69, 9.17) is 5.73 Å². The van der Waals surface area contributed by atoms with Gasteiger partial charge >= 0.3 is 0 Å². The van der Waals surface area contributed by atoms with E-state index in [0.29, 0.717) is 5.56 Å². The zero-order valence-corrected chi connectivity index (χ0v) is 11.3. The number of rotatable bonds is 5. The molecule has 0 heterocycles. The Bertz CT molecular complexity index is 533. The predicted molar refractivity (Wildman–Crippen MR) is 69.3 cm³/mol. The Morgan fingerprint density at radius 1 is 1.44 bits per heavy atom. The third kappa shape index (κ3) is 3.91. The summed E-state index contributed by atoms with van der Waals surface area (Å²) in [6.45, 7) is 1.79. The molecule has 0 aliphatic rings. The first-order valence-corrected chi connectivity index (χ1v) is 6.31. The molecule has 0 unspecified atom stereocenters. The van der Waals surface area contributed by atoms with Crippen molar-refractivity contribution in [2.75, 3.05) is 13.1 Å². The van der Waals surface area contributed by atoms with Crippen LogP contribution in [0.1, 0.15) is 5.56 Å². The second-order valence-corrected chi connectivity index (χ2v) is 5.16. The van der Waals surface area contributed by atoms with Gasteiger partial charge in [0, 0.05) is 24.7 Å². The second kappa shape index (κ2) is 6.64. The number of halogens is 1. The molecule has 0 aromatic heterocycles. The number of nitrogens with one attached hydrogen (secondary N) is 1. The van der Waals surface area contributed by atoms with E-state index >= 15 is 0 Å². The van der Waals surface area contributed by atoms with Crippen molar-refractivity contribution in [3.05, 3.63) is 33.9 Å². The Kier molecular flexibility index (Phi) is 6.19. The molecule has 0 bridgehead atoms. The first kappa shape index (κ1) is 16.8. The molecular weight excluding hydrogens is 282 g/mol. The summed E-state index contributed by atoms with van der Waals surface area (Å²) in [6.07, 6.45) is 0. The lowest BCUT2D eigenvalue weighted by molar-refractivity contribution is -0.385. The molecule has 0 saturated heterocycles. The topological polar surface area (TPSA) is 115 Å². The molecule has 0 amide bonds. The van der Waals surface area contributed by atoms with Crippen LogP contribution in [0, 0.1) is 17.0 Å². The van der Waals surface area contributed by atoms with Gasteiger partial charge in [0.25, 0.3) is 5.69 Å². The summed E-state index contributed by atoms with van der Waals surface area (Å²) in [5.74, 6) is 0. The summed E-state index contributed by atoms with van der Waals surface area (Å²) in [7, 11) is -3.73. The van der Waals surface area contributed by atoms with Gasteiger partial charge < -0.3 is 5.73 Å². The van der Waals surface area contributed by atoms with E-state index in [2.05, 4.69) is 4.72 Å². The largest absolute Gasteiger partial charge is 0.329 e. The summed E-state index contributed by atoms with van der Waals surface area (Å²) in [5, 5.41) is 10.7. The molecule has 0 fully saturated rings. The third-order valence-electron chi connectivity index (χ3n) is 2.12. The minimum atomic E-state index is -3.73. The first-order valence-electron chi connectivity index (χ1n) is 4.83. The average molecular weight is 296 g/mol. The molecule has 18 heavy (non-hydrogen) atoms. The molecule has 0 radical (unpaired) electrons. The van der Waals surface area contributed by atoms with Crippen molar-refractivity contribution in [2.45, 2.75) is 11.8 Å². The van der Waals surface area contributed by atoms with Crippen molar-refractivity contribution in [1.82, 2.24) is 4.72 Å². The summed E-state index contributed by atoms with van der Waals surface area (Å²) in [6, 6.07) is 3.75. The summed E-state index contributed by atoms with van der Waals surface area (Å²) in [4.78, 5) is 9.94. The molecule has 1 aromatic carbocycles. The first-order chi connectivity index (χ1) is 7.88. The van der Waals surface area contributed by atoms with Crippen molar-refractivity contribution in [3.8, 4) is 0 Å².